The van der Waals surface area contributed by atoms with E-state index in [-0.39, 0.29) is 0 Å². The normalized spacial score (nSPS) is 10.8. The molecular weight excluding hydrogens is 220 g/mol. The Morgan fingerprint density at radius 1 is 1.43 bits per heavy atom. The lowest BCUT2D eigenvalue weighted by Gasteiger charge is -2.00. The molecule has 0 spiro atoms. The Bertz CT molecular complexity index is 448. The third-order valence-corrected chi connectivity index (χ3v) is 3.10. The van der Waals surface area contributed by atoms with Crippen LogP contribution in [0.15, 0.2) is 6.33 Å². The molecule has 0 radical (unpaired) electrons. The van der Waals surface area contributed by atoms with Crippen LogP contribution in [0.5, 0.6) is 0 Å². The minimum absolute atomic E-state index is 0.481. The number of aryl methyl sites for hydroxylation is 1. The summed E-state index contributed by atoms with van der Waals surface area (Å²) in [5.74, 6) is 0. The highest BCUT2D eigenvalue weighted by atomic mass is 35.5. The molecule has 0 aliphatic rings. The number of aromatic nitrogens is 4. The van der Waals surface area contributed by atoms with E-state index in [1.807, 2.05) is 18.4 Å². The van der Waals surface area contributed by atoms with Gasteiger partial charge in [0.25, 0.3) is 0 Å². The lowest BCUT2D eigenvalue weighted by atomic mass is 10.4. The van der Waals surface area contributed by atoms with Gasteiger partial charge in [0.15, 0.2) is 0 Å². The molecule has 0 unspecified atom stereocenters. The Morgan fingerprint density at radius 2 is 2.21 bits per heavy atom. The first kappa shape index (κ1) is 9.61. The van der Waals surface area contributed by atoms with Gasteiger partial charge in [-0.1, -0.05) is 11.3 Å². The molecule has 0 bridgehead atoms. The zero-order chi connectivity index (χ0) is 10.1. The monoisotopic (exact) mass is 228 g/mol. The summed E-state index contributed by atoms with van der Waals surface area (Å²) in [6.45, 7) is 4.71. The zero-order valence-electron chi connectivity index (χ0n) is 7.86. The molecule has 74 valence electrons. The van der Waals surface area contributed by atoms with Crippen LogP contribution in [0.4, 0.5) is 0 Å². The van der Waals surface area contributed by atoms with Crippen LogP contribution in [0.25, 0.3) is 0 Å². The second-order valence-electron chi connectivity index (χ2n) is 2.99. The number of rotatable bonds is 2. The Labute approximate surface area is 90.6 Å². The molecule has 0 atom stereocenters. The fourth-order valence-corrected chi connectivity index (χ4v) is 2.01. The minimum atomic E-state index is 0.481. The van der Waals surface area contributed by atoms with Gasteiger partial charge >= 0.3 is 0 Å². The maximum absolute atomic E-state index is 5.69. The molecule has 0 N–H and O–H groups in total. The highest BCUT2D eigenvalue weighted by Gasteiger charge is 2.06. The molecule has 0 aromatic carbocycles. The molecule has 2 aromatic heterocycles. The molecule has 6 heteroatoms. The van der Waals surface area contributed by atoms with Crippen molar-refractivity contribution in [2.45, 2.75) is 20.4 Å². The van der Waals surface area contributed by atoms with E-state index in [0.717, 1.165) is 16.4 Å². The Hall–Kier alpha value is -0.940. The molecule has 0 aliphatic carbocycles. The largest absolute Gasteiger partial charge is 0.328 e. The highest BCUT2D eigenvalue weighted by molar-refractivity contribution is 7.15. The smallest absolute Gasteiger partial charge is 0.207 e. The number of imidazole rings is 1. The van der Waals surface area contributed by atoms with Crippen molar-refractivity contribution in [3.8, 4) is 0 Å². The van der Waals surface area contributed by atoms with Crippen LogP contribution in [0, 0.1) is 13.8 Å². The SMILES string of the molecule is Cc1ncn(Cc2nnc(Cl)s2)c1C. The molecule has 0 fully saturated rings. The van der Waals surface area contributed by atoms with Crippen LogP contribution < -0.4 is 0 Å². The second kappa shape index (κ2) is 3.67. The third kappa shape index (κ3) is 1.78. The summed E-state index contributed by atoms with van der Waals surface area (Å²) in [5, 5.41) is 8.60. The van der Waals surface area contributed by atoms with E-state index in [2.05, 4.69) is 15.2 Å². The van der Waals surface area contributed by atoms with Crippen LogP contribution in [0.3, 0.4) is 0 Å². The van der Waals surface area contributed by atoms with Crippen LogP contribution in [0.1, 0.15) is 16.4 Å². The Balaban J connectivity index is 2.22. The third-order valence-electron chi connectivity index (χ3n) is 2.09. The van der Waals surface area contributed by atoms with Gasteiger partial charge in [-0.25, -0.2) is 4.98 Å². The van der Waals surface area contributed by atoms with Crippen molar-refractivity contribution >= 4 is 22.9 Å². The van der Waals surface area contributed by atoms with Gasteiger partial charge < -0.3 is 4.57 Å². The summed E-state index contributed by atoms with van der Waals surface area (Å²) in [7, 11) is 0. The van der Waals surface area contributed by atoms with E-state index in [9.17, 15) is 0 Å². The predicted molar refractivity (Wildman–Crippen MR) is 55.7 cm³/mol. The van der Waals surface area contributed by atoms with E-state index in [0.29, 0.717) is 11.0 Å². The van der Waals surface area contributed by atoms with Crippen molar-refractivity contribution in [1.82, 2.24) is 19.7 Å². The molecule has 2 heterocycles. The summed E-state index contributed by atoms with van der Waals surface area (Å²) in [6.07, 6.45) is 1.81. The summed E-state index contributed by atoms with van der Waals surface area (Å²) in [6, 6.07) is 0. The maximum atomic E-state index is 5.69. The number of hydrogen-bond acceptors (Lipinski definition) is 4. The predicted octanol–water partition coefficient (Wildman–Crippen LogP) is 2.05. The van der Waals surface area contributed by atoms with Gasteiger partial charge in [-0.15, -0.1) is 10.2 Å². The molecule has 4 nitrogen and oxygen atoms in total. The quantitative estimate of drug-likeness (QED) is 0.790. The molecule has 0 amide bonds. The maximum Gasteiger partial charge on any atom is 0.207 e. The van der Waals surface area contributed by atoms with Gasteiger partial charge in [-0.3, -0.25) is 0 Å². The number of halogens is 1. The van der Waals surface area contributed by atoms with Gasteiger partial charge in [0.2, 0.25) is 4.47 Å². The van der Waals surface area contributed by atoms with E-state index in [1.165, 1.54) is 11.3 Å². The average molecular weight is 229 g/mol. The van der Waals surface area contributed by atoms with E-state index < -0.39 is 0 Å². The van der Waals surface area contributed by atoms with Gasteiger partial charge in [-0.05, 0) is 25.4 Å². The molecule has 0 aliphatic heterocycles. The van der Waals surface area contributed by atoms with Gasteiger partial charge in [-0.2, -0.15) is 0 Å². The highest BCUT2D eigenvalue weighted by Crippen LogP contribution is 2.16. The Kier molecular flexibility index (Phi) is 2.52. The van der Waals surface area contributed by atoms with Crippen molar-refractivity contribution < 1.29 is 0 Å². The van der Waals surface area contributed by atoms with Crippen LogP contribution in [-0.2, 0) is 6.54 Å². The fourth-order valence-electron chi connectivity index (χ4n) is 1.15. The molecular formula is C8H9ClN4S. The first-order chi connectivity index (χ1) is 6.66. The molecule has 14 heavy (non-hydrogen) atoms. The minimum Gasteiger partial charge on any atom is -0.328 e. The zero-order valence-corrected chi connectivity index (χ0v) is 9.43. The van der Waals surface area contributed by atoms with Crippen molar-refractivity contribution in [1.29, 1.82) is 0 Å². The van der Waals surface area contributed by atoms with Crippen LogP contribution in [-0.4, -0.2) is 19.7 Å². The standard InChI is InChI=1S/C8H9ClN4S/c1-5-6(2)13(4-10-5)3-7-11-12-8(9)14-7/h4H,3H2,1-2H3. The van der Waals surface area contributed by atoms with Crippen LogP contribution >= 0.6 is 22.9 Å². The van der Waals surface area contributed by atoms with Gasteiger partial charge in [0, 0.05) is 5.69 Å². The topological polar surface area (TPSA) is 43.6 Å². The summed E-state index contributed by atoms with van der Waals surface area (Å²) in [4.78, 5) is 4.21. The molecule has 0 saturated carbocycles. The first-order valence-electron chi connectivity index (χ1n) is 4.13. The molecule has 2 aromatic rings. The lowest BCUT2D eigenvalue weighted by Crippen LogP contribution is -2.00. The van der Waals surface area contributed by atoms with Crippen molar-refractivity contribution in [2.75, 3.05) is 0 Å². The summed E-state index contributed by atoms with van der Waals surface area (Å²) < 4.78 is 2.51. The summed E-state index contributed by atoms with van der Waals surface area (Å²) >= 11 is 7.09. The van der Waals surface area contributed by atoms with E-state index >= 15 is 0 Å². The van der Waals surface area contributed by atoms with Crippen molar-refractivity contribution in [3.63, 3.8) is 0 Å². The van der Waals surface area contributed by atoms with E-state index in [1.54, 1.807) is 6.33 Å². The lowest BCUT2D eigenvalue weighted by molar-refractivity contribution is 0.752. The second-order valence-corrected chi connectivity index (χ2v) is 4.64. The molecule has 0 saturated heterocycles. The number of hydrogen-bond donors (Lipinski definition) is 0. The fraction of sp³-hybridized carbons (Fsp3) is 0.375. The van der Waals surface area contributed by atoms with Crippen LogP contribution in [0.2, 0.25) is 4.47 Å². The van der Waals surface area contributed by atoms with Gasteiger partial charge in [0.1, 0.15) is 5.01 Å². The van der Waals surface area contributed by atoms with E-state index in [4.69, 9.17) is 11.6 Å². The Morgan fingerprint density at radius 3 is 2.71 bits per heavy atom. The van der Waals surface area contributed by atoms with Crippen molar-refractivity contribution in [2.24, 2.45) is 0 Å². The molecule has 2 rings (SSSR count). The van der Waals surface area contributed by atoms with Crippen molar-refractivity contribution in [3.05, 3.63) is 27.2 Å². The van der Waals surface area contributed by atoms with Gasteiger partial charge in [0.05, 0.1) is 18.6 Å². The first-order valence-corrected chi connectivity index (χ1v) is 5.32. The average Bonchev–Trinajstić information content (AvgIpc) is 2.67. The summed E-state index contributed by atoms with van der Waals surface area (Å²) in [5.41, 5.74) is 2.19. The number of nitrogens with zero attached hydrogens (tertiary/aromatic N) is 4.